The first kappa shape index (κ1) is 23.7. The van der Waals surface area contributed by atoms with Crippen LogP contribution >= 0.6 is 15.9 Å². The molecule has 0 saturated carbocycles. The molecule has 0 bridgehead atoms. The van der Waals surface area contributed by atoms with Crippen molar-refractivity contribution in [3.8, 4) is 0 Å². The first-order valence-electron chi connectivity index (χ1n) is 10.1. The van der Waals surface area contributed by atoms with Crippen LogP contribution in [0, 0.1) is 0 Å². The van der Waals surface area contributed by atoms with Gasteiger partial charge in [-0.25, -0.2) is 4.79 Å². The number of nitrogens with one attached hydrogen (secondary N) is 1. The lowest BCUT2D eigenvalue weighted by Gasteiger charge is -2.30. The summed E-state index contributed by atoms with van der Waals surface area (Å²) in [6.45, 7) is 1.26. The van der Waals surface area contributed by atoms with Gasteiger partial charge in [0.1, 0.15) is 12.1 Å². The number of aliphatic hydroxyl groups is 1. The number of likely N-dealkylation sites (tertiary alicyclic amines) is 1. The molecule has 1 saturated heterocycles. The second-order valence-corrected chi connectivity index (χ2v) is 8.40. The lowest BCUT2D eigenvalue weighted by atomic mass is 9.99. The molecule has 3 rings (SSSR count). The van der Waals surface area contributed by atoms with Gasteiger partial charge in [-0.2, -0.15) is 0 Å². The number of ether oxygens (including phenoxy) is 2. The molecule has 0 aliphatic carbocycles. The molecule has 0 radical (unpaired) electrons. The summed E-state index contributed by atoms with van der Waals surface area (Å²) < 4.78 is 10.9. The van der Waals surface area contributed by atoms with Crippen LogP contribution in [0.15, 0.2) is 59.1 Å². The molecule has 2 aromatic carbocycles. The van der Waals surface area contributed by atoms with Crippen LogP contribution in [0.3, 0.4) is 0 Å². The summed E-state index contributed by atoms with van der Waals surface area (Å²) in [7, 11) is 1.22. The van der Waals surface area contributed by atoms with Crippen molar-refractivity contribution in [2.24, 2.45) is 0 Å². The van der Waals surface area contributed by atoms with Crippen LogP contribution < -0.4 is 5.32 Å². The molecular weight excluding hydrogens is 480 g/mol. The zero-order valence-corrected chi connectivity index (χ0v) is 19.3. The van der Waals surface area contributed by atoms with Gasteiger partial charge in [0.05, 0.1) is 19.7 Å². The number of carbonyl (C=O) groups is 3. The molecule has 2 aromatic rings. The topological polar surface area (TPSA) is 105 Å². The van der Waals surface area contributed by atoms with E-state index in [0.717, 1.165) is 4.47 Å². The number of esters is 2. The molecule has 0 unspecified atom stereocenters. The smallest absolute Gasteiger partial charge is 0.328 e. The minimum absolute atomic E-state index is 0.00493. The first-order valence-corrected chi connectivity index (χ1v) is 10.9. The van der Waals surface area contributed by atoms with E-state index in [1.807, 2.05) is 42.5 Å². The van der Waals surface area contributed by atoms with Crippen LogP contribution in [0.4, 0.5) is 5.69 Å². The normalized spacial score (nSPS) is 19.7. The zero-order chi connectivity index (χ0) is 23.3. The van der Waals surface area contributed by atoms with Crippen LogP contribution in [-0.4, -0.2) is 59.8 Å². The van der Waals surface area contributed by atoms with Crippen molar-refractivity contribution in [3.63, 3.8) is 0 Å². The number of benzene rings is 2. The number of nitrogens with zero attached hydrogens (tertiary/aromatic N) is 1. The number of hydrogen-bond donors (Lipinski definition) is 2. The number of aliphatic hydroxyl groups excluding tert-OH is 1. The average Bonchev–Trinajstić information content (AvgIpc) is 3.20. The number of anilines is 1. The molecule has 9 heteroatoms. The van der Waals surface area contributed by atoms with Gasteiger partial charge in [0.25, 0.3) is 5.91 Å². The Hall–Kier alpha value is -2.91. The molecular formula is C23H25BrN2O6. The summed E-state index contributed by atoms with van der Waals surface area (Å²) >= 11 is 3.39. The van der Waals surface area contributed by atoms with Gasteiger partial charge in [-0.15, -0.1) is 0 Å². The van der Waals surface area contributed by atoms with E-state index >= 15 is 0 Å². The molecule has 0 aromatic heterocycles. The molecule has 170 valence electrons. The summed E-state index contributed by atoms with van der Waals surface area (Å²) in [6, 6.07) is 14.7. The molecule has 4 atom stereocenters. The lowest BCUT2D eigenvalue weighted by molar-refractivity contribution is -0.154. The predicted octanol–water partition coefficient (Wildman–Crippen LogP) is 2.67. The van der Waals surface area contributed by atoms with Gasteiger partial charge in [-0.05, 0) is 29.8 Å². The van der Waals surface area contributed by atoms with Crippen molar-refractivity contribution in [1.82, 2.24) is 4.90 Å². The molecule has 1 aliphatic heterocycles. The molecule has 2 N–H and O–H groups in total. The number of rotatable bonds is 7. The monoisotopic (exact) mass is 504 g/mol. The first-order chi connectivity index (χ1) is 15.3. The Balaban J connectivity index is 1.87. The molecule has 1 heterocycles. The molecule has 32 heavy (non-hydrogen) atoms. The van der Waals surface area contributed by atoms with Gasteiger partial charge in [0, 0.05) is 23.5 Å². The predicted molar refractivity (Wildman–Crippen MR) is 121 cm³/mol. The van der Waals surface area contributed by atoms with Gasteiger partial charge in [-0.3, -0.25) is 9.59 Å². The van der Waals surface area contributed by atoms with Crippen LogP contribution in [-0.2, 0) is 23.9 Å². The minimum atomic E-state index is -1.51. The van der Waals surface area contributed by atoms with E-state index in [2.05, 4.69) is 21.2 Å². The van der Waals surface area contributed by atoms with Gasteiger partial charge in [0.2, 0.25) is 0 Å². The highest BCUT2D eigenvalue weighted by Crippen LogP contribution is 2.28. The van der Waals surface area contributed by atoms with Gasteiger partial charge in [0.15, 0.2) is 6.10 Å². The van der Waals surface area contributed by atoms with E-state index in [1.54, 1.807) is 12.1 Å². The highest BCUT2D eigenvalue weighted by molar-refractivity contribution is 9.10. The highest BCUT2D eigenvalue weighted by atomic mass is 79.9. The lowest BCUT2D eigenvalue weighted by Crippen LogP contribution is -2.48. The van der Waals surface area contributed by atoms with Gasteiger partial charge >= 0.3 is 11.9 Å². The second-order valence-electron chi connectivity index (χ2n) is 7.48. The van der Waals surface area contributed by atoms with Crippen molar-refractivity contribution >= 4 is 39.5 Å². The Kier molecular flexibility index (Phi) is 7.87. The van der Waals surface area contributed by atoms with Crippen molar-refractivity contribution < 1.29 is 29.0 Å². The highest BCUT2D eigenvalue weighted by Gasteiger charge is 2.45. The van der Waals surface area contributed by atoms with Crippen LogP contribution in [0.2, 0.25) is 0 Å². The minimum Gasteiger partial charge on any atom is -0.467 e. The van der Waals surface area contributed by atoms with E-state index in [4.69, 9.17) is 9.47 Å². The maximum absolute atomic E-state index is 13.3. The Labute approximate surface area is 194 Å². The Bertz CT molecular complexity index is 953. The fourth-order valence-corrected chi connectivity index (χ4v) is 4.03. The molecule has 8 nitrogen and oxygen atoms in total. The van der Waals surface area contributed by atoms with Crippen LogP contribution in [0.25, 0.3) is 0 Å². The maximum atomic E-state index is 13.3. The van der Waals surface area contributed by atoms with Crippen molar-refractivity contribution in [1.29, 1.82) is 0 Å². The van der Waals surface area contributed by atoms with Crippen molar-refractivity contribution in [2.45, 2.75) is 37.6 Å². The second kappa shape index (κ2) is 10.6. The summed E-state index contributed by atoms with van der Waals surface area (Å²) in [6.07, 6.45) is -2.05. The maximum Gasteiger partial charge on any atom is 0.328 e. The summed E-state index contributed by atoms with van der Waals surface area (Å²) in [5.41, 5.74) is 1.40. The molecule has 1 amide bonds. The largest absolute Gasteiger partial charge is 0.467 e. The quantitative estimate of drug-likeness (QED) is 0.558. The van der Waals surface area contributed by atoms with Crippen LogP contribution in [0.5, 0.6) is 0 Å². The number of carbonyl (C=O) groups excluding carboxylic acids is 3. The summed E-state index contributed by atoms with van der Waals surface area (Å²) in [5, 5.41) is 14.3. The SMILES string of the molecule is COC(=O)[C@@H]1C[C@H](OC(C)=O)CN1C(=O)[C@@H](O)[C@H](Nc1ccc(Br)cc1)c1ccccc1. The number of hydrogen-bond acceptors (Lipinski definition) is 7. The fraction of sp³-hybridized carbons (Fsp3) is 0.348. The third-order valence-corrected chi connectivity index (χ3v) is 5.77. The Morgan fingerprint density at radius 2 is 1.78 bits per heavy atom. The van der Waals surface area contributed by atoms with Crippen molar-refractivity contribution in [2.75, 3.05) is 19.0 Å². The Morgan fingerprint density at radius 3 is 2.38 bits per heavy atom. The van der Waals surface area contributed by atoms with E-state index in [9.17, 15) is 19.5 Å². The zero-order valence-electron chi connectivity index (χ0n) is 17.7. The Morgan fingerprint density at radius 1 is 1.12 bits per heavy atom. The molecule has 1 aliphatic rings. The molecule has 1 fully saturated rings. The third kappa shape index (κ3) is 5.66. The van der Waals surface area contributed by atoms with Crippen molar-refractivity contribution in [3.05, 3.63) is 64.6 Å². The fourth-order valence-electron chi connectivity index (χ4n) is 3.76. The summed E-state index contributed by atoms with van der Waals surface area (Å²) in [5.74, 6) is -1.79. The van der Waals surface area contributed by atoms with E-state index in [0.29, 0.717) is 11.3 Å². The van der Waals surface area contributed by atoms with Crippen LogP contribution in [0.1, 0.15) is 24.9 Å². The standard InChI is InChI=1S/C23H25BrN2O6/c1-14(27)32-18-12-19(23(30)31-2)26(13-18)22(29)21(28)20(15-6-4-3-5-7-15)25-17-10-8-16(24)9-11-17/h3-11,18-21,25,28H,12-13H2,1-2H3/t18-,19-,20+,21-/m0/s1. The summed E-state index contributed by atoms with van der Waals surface area (Å²) in [4.78, 5) is 38.2. The number of amides is 1. The van der Waals surface area contributed by atoms with E-state index < -0.39 is 42.1 Å². The molecule has 0 spiro atoms. The number of halogens is 1. The van der Waals surface area contributed by atoms with E-state index in [-0.39, 0.29) is 13.0 Å². The van der Waals surface area contributed by atoms with Gasteiger partial charge < -0.3 is 24.8 Å². The number of methoxy groups -OCH3 is 1. The average molecular weight is 505 g/mol. The van der Waals surface area contributed by atoms with E-state index in [1.165, 1.54) is 18.9 Å². The van der Waals surface area contributed by atoms with Gasteiger partial charge in [-0.1, -0.05) is 46.3 Å². The third-order valence-electron chi connectivity index (χ3n) is 5.25.